The van der Waals surface area contributed by atoms with Gasteiger partial charge in [-0.25, -0.2) is 0 Å². The van der Waals surface area contributed by atoms with Crippen LogP contribution in [-0.2, 0) is 0 Å². The van der Waals surface area contributed by atoms with Gasteiger partial charge in [-0.15, -0.1) is 6.42 Å². The number of hydrogen-bond donors (Lipinski definition) is 0. The van der Waals surface area contributed by atoms with Crippen molar-refractivity contribution in [2.75, 3.05) is 6.61 Å². The minimum Gasteiger partial charge on any atom is -0.494 e. The molecule has 62 valence electrons. The summed E-state index contributed by atoms with van der Waals surface area (Å²) in [7, 11) is 0. The van der Waals surface area contributed by atoms with E-state index in [2.05, 4.69) is 5.92 Å². The first kappa shape index (κ1) is 8.67. The van der Waals surface area contributed by atoms with Gasteiger partial charge in [0, 0.05) is 5.56 Å². The summed E-state index contributed by atoms with van der Waals surface area (Å²) < 4.78 is 5.38. The largest absolute Gasteiger partial charge is 0.494 e. The lowest BCUT2D eigenvalue weighted by molar-refractivity contribution is 0.338. The molecule has 0 aliphatic rings. The van der Waals surface area contributed by atoms with Gasteiger partial charge in [-0.2, -0.15) is 0 Å². The molecular formula is C11H12O. The van der Waals surface area contributed by atoms with Gasteiger partial charge in [-0.1, -0.05) is 12.0 Å². The van der Waals surface area contributed by atoms with Crippen molar-refractivity contribution in [3.8, 4) is 18.1 Å². The first-order chi connectivity index (χ1) is 5.77. The summed E-state index contributed by atoms with van der Waals surface area (Å²) in [6.07, 6.45) is 5.26. The van der Waals surface area contributed by atoms with Crippen LogP contribution in [0.1, 0.15) is 18.1 Å². The molecule has 1 heteroatoms. The molecule has 0 aliphatic heterocycles. The van der Waals surface area contributed by atoms with Gasteiger partial charge in [0.1, 0.15) is 5.75 Å². The zero-order valence-corrected chi connectivity index (χ0v) is 7.42. The molecule has 0 spiro atoms. The Morgan fingerprint density at radius 2 is 2.25 bits per heavy atom. The molecule has 0 atom stereocenters. The zero-order valence-electron chi connectivity index (χ0n) is 7.42. The summed E-state index contributed by atoms with van der Waals surface area (Å²) in [5.74, 6) is 3.46. The Balaban J connectivity index is 3.01. The number of hydrogen-bond acceptors (Lipinski definition) is 1. The normalized spacial score (nSPS) is 9.08. The van der Waals surface area contributed by atoms with Crippen molar-refractivity contribution in [1.82, 2.24) is 0 Å². The molecule has 1 aromatic carbocycles. The molecule has 0 N–H and O–H groups in total. The number of terminal acetylenes is 1. The average molecular weight is 160 g/mol. The van der Waals surface area contributed by atoms with Gasteiger partial charge < -0.3 is 4.74 Å². The van der Waals surface area contributed by atoms with Crippen LogP contribution in [0, 0.1) is 19.3 Å². The topological polar surface area (TPSA) is 9.23 Å². The molecule has 0 fully saturated rings. The van der Waals surface area contributed by atoms with E-state index in [-0.39, 0.29) is 0 Å². The van der Waals surface area contributed by atoms with E-state index >= 15 is 0 Å². The smallest absolute Gasteiger partial charge is 0.123 e. The third kappa shape index (κ3) is 1.79. The Hall–Kier alpha value is -1.42. The van der Waals surface area contributed by atoms with Crippen LogP contribution in [0.25, 0.3) is 0 Å². The summed E-state index contributed by atoms with van der Waals surface area (Å²) in [5, 5.41) is 0. The highest BCUT2D eigenvalue weighted by Crippen LogP contribution is 2.18. The minimum absolute atomic E-state index is 0.675. The number of aryl methyl sites for hydroxylation is 1. The van der Waals surface area contributed by atoms with Crippen LogP contribution in [0.5, 0.6) is 5.75 Å². The van der Waals surface area contributed by atoms with Crippen molar-refractivity contribution >= 4 is 0 Å². The molecule has 0 amide bonds. The lowest BCUT2D eigenvalue weighted by atomic mass is 10.1. The maximum atomic E-state index is 5.38. The van der Waals surface area contributed by atoms with E-state index in [1.807, 2.05) is 32.0 Å². The predicted octanol–water partition coefficient (Wildman–Crippen LogP) is 2.38. The van der Waals surface area contributed by atoms with Gasteiger partial charge in [0.2, 0.25) is 0 Å². The van der Waals surface area contributed by atoms with Crippen LogP contribution < -0.4 is 4.74 Å². The van der Waals surface area contributed by atoms with Gasteiger partial charge in [0.05, 0.1) is 6.61 Å². The molecule has 1 rings (SSSR count). The molecule has 0 aliphatic carbocycles. The number of rotatable bonds is 2. The summed E-state index contributed by atoms with van der Waals surface area (Å²) >= 11 is 0. The number of ether oxygens (including phenoxy) is 1. The average Bonchev–Trinajstić information content (AvgIpc) is 2.09. The summed E-state index contributed by atoms with van der Waals surface area (Å²) in [6, 6.07) is 5.77. The SMILES string of the molecule is C#Cc1ccc(C)c(OCC)c1. The fourth-order valence-corrected chi connectivity index (χ4v) is 1.00. The minimum atomic E-state index is 0.675. The Kier molecular flexibility index (Phi) is 2.76. The van der Waals surface area contributed by atoms with Crippen molar-refractivity contribution in [2.24, 2.45) is 0 Å². The molecule has 1 nitrogen and oxygen atoms in total. The van der Waals surface area contributed by atoms with Crippen LogP contribution in [-0.4, -0.2) is 6.61 Å². The van der Waals surface area contributed by atoms with Gasteiger partial charge >= 0.3 is 0 Å². The molecule has 1 aromatic rings. The van der Waals surface area contributed by atoms with E-state index in [0.717, 1.165) is 16.9 Å². The van der Waals surface area contributed by atoms with Crippen molar-refractivity contribution in [1.29, 1.82) is 0 Å². The maximum absolute atomic E-state index is 5.38. The predicted molar refractivity (Wildman–Crippen MR) is 50.3 cm³/mol. The standard InChI is InChI=1S/C11H12O/c1-4-10-7-6-9(3)11(8-10)12-5-2/h1,6-8H,5H2,2-3H3. The second kappa shape index (κ2) is 3.82. The third-order valence-electron chi connectivity index (χ3n) is 1.65. The lowest BCUT2D eigenvalue weighted by Gasteiger charge is -2.06. The molecule has 0 saturated heterocycles. The van der Waals surface area contributed by atoms with Crippen LogP contribution in [0.3, 0.4) is 0 Å². The second-order valence-electron chi connectivity index (χ2n) is 2.56. The lowest BCUT2D eigenvalue weighted by Crippen LogP contribution is -1.94. The highest BCUT2D eigenvalue weighted by atomic mass is 16.5. The summed E-state index contributed by atoms with van der Waals surface area (Å²) in [5.41, 5.74) is 1.99. The van der Waals surface area contributed by atoms with Crippen LogP contribution in [0.2, 0.25) is 0 Å². The van der Waals surface area contributed by atoms with E-state index in [1.165, 1.54) is 0 Å². The first-order valence-corrected chi connectivity index (χ1v) is 3.98. The highest BCUT2D eigenvalue weighted by molar-refractivity contribution is 5.43. The molecule has 0 radical (unpaired) electrons. The first-order valence-electron chi connectivity index (χ1n) is 3.98. The van der Waals surface area contributed by atoms with Gasteiger partial charge in [-0.05, 0) is 31.5 Å². The van der Waals surface area contributed by atoms with Gasteiger partial charge in [0.15, 0.2) is 0 Å². The Labute approximate surface area is 73.4 Å². The molecule has 0 unspecified atom stereocenters. The fraction of sp³-hybridized carbons (Fsp3) is 0.273. The van der Waals surface area contributed by atoms with Gasteiger partial charge in [0.25, 0.3) is 0 Å². The van der Waals surface area contributed by atoms with Crippen molar-refractivity contribution in [3.63, 3.8) is 0 Å². The van der Waals surface area contributed by atoms with Crippen molar-refractivity contribution in [2.45, 2.75) is 13.8 Å². The second-order valence-corrected chi connectivity index (χ2v) is 2.56. The zero-order chi connectivity index (χ0) is 8.97. The monoisotopic (exact) mass is 160 g/mol. The molecular weight excluding hydrogens is 148 g/mol. The Morgan fingerprint density at radius 1 is 1.50 bits per heavy atom. The summed E-state index contributed by atoms with van der Waals surface area (Å²) in [4.78, 5) is 0. The fourth-order valence-electron chi connectivity index (χ4n) is 1.00. The highest BCUT2D eigenvalue weighted by Gasteiger charge is 1.98. The molecule has 0 saturated carbocycles. The van der Waals surface area contributed by atoms with Crippen LogP contribution >= 0.6 is 0 Å². The Morgan fingerprint density at radius 3 is 2.83 bits per heavy atom. The Bertz CT molecular complexity index is 307. The van der Waals surface area contributed by atoms with E-state index < -0.39 is 0 Å². The molecule has 0 heterocycles. The third-order valence-corrected chi connectivity index (χ3v) is 1.65. The summed E-state index contributed by atoms with van der Waals surface area (Å²) in [6.45, 7) is 4.64. The quantitative estimate of drug-likeness (QED) is 0.603. The van der Waals surface area contributed by atoms with E-state index in [0.29, 0.717) is 6.61 Å². The van der Waals surface area contributed by atoms with E-state index in [9.17, 15) is 0 Å². The molecule has 0 aromatic heterocycles. The van der Waals surface area contributed by atoms with E-state index in [1.54, 1.807) is 0 Å². The van der Waals surface area contributed by atoms with Gasteiger partial charge in [-0.3, -0.25) is 0 Å². The van der Waals surface area contributed by atoms with Crippen LogP contribution in [0.15, 0.2) is 18.2 Å². The van der Waals surface area contributed by atoms with Crippen LogP contribution in [0.4, 0.5) is 0 Å². The van der Waals surface area contributed by atoms with Crippen molar-refractivity contribution in [3.05, 3.63) is 29.3 Å². The molecule has 0 bridgehead atoms. The van der Waals surface area contributed by atoms with E-state index in [4.69, 9.17) is 11.2 Å². The van der Waals surface area contributed by atoms with Crippen molar-refractivity contribution < 1.29 is 4.74 Å². The number of benzene rings is 1. The molecule has 12 heavy (non-hydrogen) atoms. The maximum Gasteiger partial charge on any atom is 0.123 e.